The molecular weight excluding hydrogens is 697 g/mol. The molecule has 2 aromatic heterocycles. The van der Waals surface area contributed by atoms with Gasteiger partial charge in [0.1, 0.15) is 11.2 Å². The Morgan fingerprint density at radius 1 is 1.02 bits per heavy atom. The van der Waals surface area contributed by atoms with E-state index in [9.17, 15) is 14.7 Å². The molecule has 11 heteroatoms. The zero-order valence-corrected chi connectivity index (χ0v) is 35.5. The Balaban J connectivity index is 1.51. The summed E-state index contributed by atoms with van der Waals surface area (Å²) in [4.78, 5) is 33.8. The van der Waals surface area contributed by atoms with Crippen molar-refractivity contribution in [3.8, 4) is 0 Å². The predicted octanol–water partition coefficient (Wildman–Crippen LogP) is 10.9. The molecule has 292 valence electrons. The van der Waals surface area contributed by atoms with Gasteiger partial charge in [0, 0.05) is 41.3 Å². The third kappa shape index (κ3) is 9.18. The van der Waals surface area contributed by atoms with E-state index in [4.69, 9.17) is 13.9 Å². The van der Waals surface area contributed by atoms with Crippen LogP contribution in [0.2, 0.25) is 18.1 Å². The Labute approximate surface area is 322 Å². The summed E-state index contributed by atoms with van der Waals surface area (Å²) < 4.78 is 20.3. The first-order valence-electron chi connectivity index (χ1n) is 19.0. The van der Waals surface area contributed by atoms with Crippen molar-refractivity contribution in [2.45, 2.75) is 137 Å². The van der Waals surface area contributed by atoms with Gasteiger partial charge < -0.3 is 24.3 Å². The predicted molar refractivity (Wildman–Crippen MR) is 220 cm³/mol. The number of pyridine rings is 1. The third-order valence-electron chi connectivity index (χ3n) is 10.3. The lowest BCUT2D eigenvalue weighted by Gasteiger charge is -2.38. The number of anilines is 3. The van der Waals surface area contributed by atoms with Crippen LogP contribution in [-0.2, 0) is 26.7 Å². The van der Waals surface area contributed by atoms with Crippen LogP contribution in [0.3, 0.4) is 0 Å². The number of rotatable bonds is 9. The lowest BCUT2D eigenvalue weighted by Crippen LogP contribution is -2.41. The maximum atomic E-state index is 13.9. The normalized spacial score (nSPS) is 15.6. The fourth-order valence-corrected chi connectivity index (χ4v) is 8.05. The van der Waals surface area contributed by atoms with Gasteiger partial charge in [-0.25, -0.2) is 9.59 Å². The number of carbonyl (C=O) groups excluding carboxylic acids is 2. The van der Waals surface area contributed by atoms with E-state index in [0.29, 0.717) is 19.4 Å². The molecule has 2 unspecified atom stereocenters. The zero-order valence-electron chi connectivity index (χ0n) is 34.5. The van der Waals surface area contributed by atoms with Crippen LogP contribution in [0.25, 0.3) is 10.9 Å². The molecule has 2 aromatic carbocycles. The lowest BCUT2D eigenvalue weighted by atomic mass is 10.0. The number of hydrogen-bond donors (Lipinski definition) is 2. The van der Waals surface area contributed by atoms with Gasteiger partial charge in [0.15, 0.2) is 8.32 Å². The smallest absolute Gasteiger partial charge is 0.419 e. The summed E-state index contributed by atoms with van der Waals surface area (Å²) in [5.41, 5.74) is 6.27. The van der Waals surface area contributed by atoms with Gasteiger partial charge in [-0.2, -0.15) is 0 Å². The van der Waals surface area contributed by atoms with E-state index in [1.807, 2.05) is 97.1 Å². The minimum atomic E-state index is -2.15. The van der Waals surface area contributed by atoms with Gasteiger partial charge in [0.05, 0.1) is 29.1 Å². The van der Waals surface area contributed by atoms with Crippen LogP contribution in [0.4, 0.5) is 26.7 Å². The van der Waals surface area contributed by atoms with Crippen LogP contribution in [0.15, 0.2) is 54.9 Å². The molecule has 1 aliphatic carbocycles. The van der Waals surface area contributed by atoms with E-state index < -0.39 is 37.8 Å². The number of nitrogens with zero attached hydrogens (tertiary/aromatic N) is 3. The molecule has 0 fully saturated rings. The maximum Gasteiger partial charge on any atom is 0.419 e. The van der Waals surface area contributed by atoms with E-state index in [1.54, 1.807) is 15.7 Å². The minimum Gasteiger partial charge on any atom is -0.443 e. The number of amides is 1. The first-order chi connectivity index (χ1) is 25.0. The molecule has 4 aromatic rings. The number of aliphatic hydroxyl groups is 1. The van der Waals surface area contributed by atoms with E-state index in [-0.39, 0.29) is 11.1 Å². The Kier molecular flexibility index (Phi) is 11.5. The Bertz CT molecular complexity index is 2020. The Morgan fingerprint density at radius 3 is 2.33 bits per heavy atom. The summed E-state index contributed by atoms with van der Waals surface area (Å²) in [5, 5.41) is 14.8. The van der Waals surface area contributed by atoms with Crippen LogP contribution in [0, 0.1) is 6.92 Å². The monoisotopic (exact) mass is 756 g/mol. The minimum absolute atomic E-state index is 0.00753. The first-order valence-corrected chi connectivity index (χ1v) is 21.9. The van der Waals surface area contributed by atoms with Crippen molar-refractivity contribution in [2.75, 3.05) is 16.8 Å². The van der Waals surface area contributed by atoms with Crippen molar-refractivity contribution in [3.63, 3.8) is 0 Å². The molecule has 0 aliphatic heterocycles. The quantitative estimate of drug-likeness (QED) is 0.162. The number of ether oxygens (including phenoxy) is 2. The summed E-state index contributed by atoms with van der Waals surface area (Å²) in [5.74, 6) is 0. The Morgan fingerprint density at radius 2 is 1.70 bits per heavy atom. The van der Waals surface area contributed by atoms with Gasteiger partial charge in [-0.1, -0.05) is 39.0 Å². The van der Waals surface area contributed by atoms with E-state index in [0.717, 1.165) is 62.3 Å². The van der Waals surface area contributed by atoms with E-state index in [1.165, 1.54) is 0 Å². The summed E-state index contributed by atoms with van der Waals surface area (Å²) in [6, 6.07) is 13.9. The average Bonchev–Trinajstić information content (AvgIpc) is 3.61. The highest BCUT2D eigenvalue weighted by Gasteiger charge is 2.39. The molecule has 0 bridgehead atoms. The molecule has 5 rings (SSSR count). The number of aliphatic hydroxyl groups excluding tert-OH is 1. The average molecular weight is 757 g/mol. The number of hydrogen-bond acceptors (Lipinski definition) is 8. The number of para-hydroxylation sites is 1. The number of fused-ring (bicyclic) bond motifs is 2. The van der Waals surface area contributed by atoms with Gasteiger partial charge >= 0.3 is 12.2 Å². The third-order valence-corrected chi connectivity index (χ3v) is 14.9. The van der Waals surface area contributed by atoms with Crippen molar-refractivity contribution in [1.82, 2.24) is 9.55 Å². The SMILES string of the molecule is Cc1cc(Nc2ccnc3c2CCC3O)ccc1N(CCc1cn(C(=O)OC(C)(C)C)c2c(C(C)O[Si](C)(C)C(C)(C)C)cccc12)C(=O)OC(C)(C)C. The summed E-state index contributed by atoms with van der Waals surface area (Å²) in [7, 11) is -2.15. The second kappa shape index (κ2) is 15.2. The zero-order chi connectivity index (χ0) is 40.0. The number of aromatic nitrogens is 2. The summed E-state index contributed by atoms with van der Waals surface area (Å²) >= 11 is 0. The van der Waals surface area contributed by atoms with Gasteiger partial charge in [0.25, 0.3) is 0 Å². The maximum absolute atomic E-state index is 13.9. The van der Waals surface area contributed by atoms with Crippen LogP contribution in [-0.4, -0.2) is 52.9 Å². The van der Waals surface area contributed by atoms with Crippen molar-refractivity contribution in [3.05, 3.63) is 82.8 Å². The molecule has 1 aliphatic rings. The van der Waals surface area contributed by atoms with Crippen LogP contribution in [0.5, 0.6) is 0 Å². The Hall–Kier alpha value is -4.19. The second-order valence-corrected chi connectivity index (χ2v) is 22.8. The van der Waals surface area contributed by atoms with Crippen LogP contribution < -0.4 is 10.2 Å². The van der Waals surface area contributed by atoms with Crippen molar-refractivity contribution < 1.29 is 28.6 Å². The highest BCUT2D eigenvalue weighted by Crippen LogP contribution is 2.41. The van der Waals surface area contributed by atoms with E-state index in [2.05, 4.69) is 51.1 Å². The van der Waals surface area contributed by atoms with Crippen molar-refractivity contribution in [1.29, 1.82) is 0 Å². The molecule has 2 N–H and O–H groups in total. The number of carbonyl (C=O) groups is 2. The number of aryl methyl sites for hydroxylation is 1. The highest BCUT2D eigenvalue weighted by molar-refractivity contribution is 6.74. The molecule has 0 saturated carbocycles. The molecule has 0 spiro atoms. The summed E-state index contributed by atoms with van der Waals surface area (Å²) in [6.45, 7) is 26.6. The van der Waals surface area contributed by atoms with E-state index >= 15 is 0 Å². The standard InChI is InChI=1S/C43H60N4O6Si/c1-27-25-30(45-34-21-23-44-37-33(34)18-20-36(37)48)17-19-35(27)46(39(49)51-41(3,4)5)24-22-29-26-47(40(50)52-42(6,7)8)38-31(15-14-16-32(29)38)28(2)53-54(12,13)43(9,10)11/h14-17,19,21,23,25-26,28,36,48H,18,20,22,24H2,1-13H3,(H,44,45). The van der Waals surface area contributed by atoms with Gasteiger partial charge in [-0.3, -0.25) is 14.5 Å². The molecule has 0 radical (unpaired) electrons. The molecule has 2 heterocycles. The van der Waals surface area contributed by atoms with Crippen molar-refractivity contribution >= 4 is 48.5 Å². The molecule has 1 amide bonds. The molecule has 54 heavy (non-hydrogen) atoms. The highest BCUT2D eigenvalue weighted by atomic mass is 28.4. The molecule has 2 atom stereocenters. The second-order valence-electron chi connectivity index (χ2n) is 18.1. The fourth-order valence-electron chi connectivity index (χ4n) is 6.69. The van der Waals surface area contributed by atoms with Gasteiger partial charge in [0.2, 0.25) is 0 Å². The largest absolute Gasteiger partial charge is 0.443 e. The van der Waals surface area contributed by atoms with Gasteiger partial charge in [-0.05, 0) is 134 Å². The topological polar surface area (TPSA) is 115 Å². The van der Waals surface area contributed by atoms with Crippen LogP contribution in [0.1, 0.15) is 116 Å². The van der Waals surface area contributed by atoms with Gasteiger partial charge in [-0.15, -0.1) is 0 Å². The fraction of sp³-hybridized carbons (Fsp3) is 0.512. The molecule has 10 nitrogen and oxygen atoms in total. The lowest BCUT2D eigenvalue weighted by molar-refractivity contribution is 0.0539. The number of nitrogens with one attached hydrogen (secondary N) is 1. The molecular formula is C43H60N4O6Si. The van der Waals surface area contributed by atoms with Crippen molar-refractivity contribution in [2.24, 2.45) is 0 Å². The molecule has 0 saturated heterocycles. The summed E-state index contributed by atoms with van der Waals surface area (Å²) in [6.07, 6.45) is 3.67. The number of benzene rings is 2. The first kappa shape index (κ1) is 41.0. The van der Waals surface area contributed by atoms with Crippen LogP contribution >= 0.6 is 0 Å².